The molecule has 2 N–H and O–H groups in total. The van der Waals surface area contributed by atoms with Gasteiger partial charge in [-0.3, -0.25) is 4.79 Å². The van der Waals surface area contributed by atoms with E-state index < -0.39 is 22.2 Å². The highest BCUT2D eigenvalue weighted by Gasteiger charge is 2.33. The molecule has 1 aliphatic rings. The van der Waals surface area contributed by atoms with Crippen LogP contribution in [0.5, 0.6) is 0 Å². The zero-order valence-electron chi connectivity index (χ0n) is 11.1. The van der Waals surface area contributed by atoms with E-state index in [0.29, 0.717) is 24.9 Å². The molecule has 1 fully saturated rings. The second-order valence-electron chi connectivity index (χ2n) is 5.18. The summed E-state index contributed by atoms with van der Waals surface area (Å²) in [7, 11) is -3.70. The number of carbonyl (C=O) groups is 1. The number of nitrogens with zero attached hydrogens (tertiary/aromatic N) is 1. The quantitative estimate of drug-likeness (QED) is 0.773. The Bertz CT molecular complexity index is 386. The second kappa shape index (κ2) is 5.99. The lowest BCUT2D eigenvalue weighted by atomic mass is 9.94. The first-order valence-corrected chi connectivity index (χ1v) is 7.70. The van der Waals surface area contributed by atoms with Crippen molar-refractivity contribution in [2.75, 3.05) is 13.1 Å². The van der Waals surface area contributed by atoms with Crippen LogP contribution in [0.25, 0.3) is 0 Å². The van der Waals surface area contributed by atoms with Crippen molar-refractivity contribution in [3.05, 3.63) is 0 Å². The number of rotatable bonds is 5. The fourth-order valence-electron chi connectivity index (χ4n) is 2.36. The Balaban J connectivity index is 2.76. The highest BCUT2D eigenvalue weighted by molar-refractivity contribution is 7.87. The van der Waals surface area contributed by atoms with Crippen molar-refractivity contribution in [2.45, 2.75) is 39.7 Å². The van der Waals surface area contributed by atoms with Crippen LogP contribution in [0.3, 0.4) is 0 Å². The lowest BCUT2D eigenvalue weighted by Gasteiger charge is -2.34. The summed E-state index contributed by atoms with van der Waals surface area (Å²) in [5, 5.41) is 8.89. The first kappa shape index (κ1) is 15.4. The van der Waals surface area contributed by atoms with E-state index in [2.05, 4.69) is 4.72 Å². The lowest BCUT2D eigenvalue weighted by molar-refractivity contribution is -0.139. The molecule has 6 nitrogen and oxygen atoms in total. The van der Waals surface area contributed by atoms with Gasteiger partial charge in [-0.05, 0) is 24.7 Å². The summed E-state index contributed by atoms with van der Waals surface area (Å²) >= 11 is 0. The molecule has 0 aliphatic carbocycles. The van der Waals surface area contributed by atoms with Crippen molar-refractivity contribution in [3.8, 4) is 0 Å². The predicted octanol–water partition coefficient (Wildman–Crippen LogP) is 0.662. The van der Waals surface area contributed by atoms with Crippen LogP contribution in [0.15, 0.2) is 0 Å². The molecule has 1 heterocycles. The van der Waals surface area contributed by atoms with Gasteiger partial charge in [0, 0.05) is 13.1 Å². The van der Waals surface area contributed by atoms with Gasteiger partial charge < -0.3 is 5.11 Å². The van der Waals surface area contributed by atoms with Crippen molar-refractivity contribution in [3.63, 3.8) is 0 Å². The molecular formula is C11H22N2O4S. The number of nitrogens with one attached hydrogen (secondary N) is 1. The third-order valence-corrected chi connectivity index (χ3v) is 4.73. The van der Waals surface area contributed by atoms with Gasteiger partial charge in [-0.2, -0.15) is 17.4 Å². The molecule has 0 aromatic heterocycles. The molecule has 3 unspecified atom stereocenters. The van der Waals surface area contributed by atoms with Gasteiger partial charge in [0.1, 0.15) is 6.04 Å². The van der Waals surface area contributed by atoms with Crippen molar-refractivity contribution in [1.82, 2.24) is 9.03 Å². The van der Waals surface area contributed by atoms with E-state index in [1.165, 1.54) is 4.31 Å². The zero-order valence-corrected chi connectivity index (χ0v) is 11.9. The molecule has 0 radical (unpaired) electrons. The van der Waals surface area contributed by atoms with E-state index in [1.54, 1.807) is 6.92 Å². The standard InChI is InChI=1S/C11H22N2O4S/c1-4-10(11(14)15)12-18(16,17)13-6-8(2)5-9(3)7-13/h8-10,12H,4-7H2,1-3H3,(H,14,15). The Morgan fingerprint density at radius 2 is 1.89 bits per heavy atom. The van der Waals surface area contributed by atoms with Crippen molar-refractivity contribution < 1.29 is 18.3 Å². The minimum atomic E-state index is -3.70. The molecule has 0 saturated carbocycles. The molecule has 0 aromatic carbocycles. The second-order valence-corrected chi connectivity index (χ2v) is 6.89. The molecule has 1 saturated heterocycles. The fourth-order valence-corrected chi connectivity index (χ4v) is 4.04. The SMILES string of the molecule is CCC(NS(=O)(=O)N1CC(C)CC(C)C1)C(=O)O. The Morgan fingerprint density at radius 1 is 1.39 bits per heavy atom. The highest BCUT2D eigenvalue weighted by Crippen LogP contribution is 2.22. The summed E-state index contributed by atoms with van der Waals surface area (Å²) in [6.07, 6.45) is 1.23. The summed E-state index contributed by atoms with van der Waals surface area (Å²) < 4.78 is 27.8. The van der Waals surface area contributed by atoms with Crippen LogP contribution in [0.1, 0.15) is 33.6 Å². The van der Waals surface area contributed by atoms with Gasteiger partial charge >= 0.3 is 5.97 Å². The monoisotopic (exact) mass is 278 g/mol. The van der Waals surface area contributed by atoms with Crippen molar-refractivity contribution >= 4 is 16.2 Å². The number of hydrogen-bond acceptors (Lipinski definition) is 3. The molecular weight excluding hydrogens is 256 g/mol. The molecule has 0 amide bonds. The van der Waals surface area contributed by atoms with Gasteiger partial charge in [0.15, 0.2) is 0 Å². The minimum absolute atomic E-state index is 0.230. The van der Waals surface area contributed by atoms with Gasteiger partial charge in [-0.1, -0.05) is 20.8 Å². The Labute approximate surface area is 109 Å². The smallest absolute Gasteiger partial charge is 0.321 e. The van der Waals surface area contributed by atoms with Crippen LogP contribution < -0.4 is 4.72 Å². The highest BCUT2D eigenvalue weighted by atomic mass is 32.2. The third-order valence-electron chi connectivity index (χ3n) is 3.17. The normalized spacial score (nSPS) is 27.9. The first-order chi connectivity index (χ1) is 8.26. The van der Waals surface area contributed by atoms with Gasteiger partial charge in [0.25, 0.3) is 10.2 Å². The first-order valence-electron chi connectivity index (χ1n) is 6.26. The molecule has 106 valence electrons. The molecule has 3 atom stereocenters. The van der Waals surface area contributed by atoms with Gasteiger partial charge in [0.2, 0.25) is 0 Å². The Kier molecular flexibility index (Phi) is 5.12. The summed E-state index contributed by atoms with van der Waals surface area (Å²) in [4.78, 5) is 10.9. The molecule has 18 heavy (non-hydrogen) atoms. The molecule has 0 bridgehead atoms. The predicted molar refractivity (Wildman–Crippen MR) is 68.3 cm³/mol. The number of aliphatic carboxylic acids is 1. The molecule has 7 heteroatoms. The molecule has 1 aliphatic heterocycles. The maximum absolute atomic E-state index is 12.1. The van der Waals surface area contributed by atoms with Crippen molar-refractivity contribution in [1.29, 1.82) is 0 Å². The van der Waals surface area contributed by atoms with Crippen LogP contribution in [0.2, 0.25) is 0 Å². The zero-order chi connectivity index (χ0) is 13.9. The number of carboxylic acid groups (broad SMARTS) is 1. The van der Waals surface area contributed by atoms with Crippen LogP contribution in [-0.2, 0) is 15.0 Å². The van der Waals surface area contributed by atoms with E-state index in [1.807, 2.05) is 13.8 Å². The number of piperidine rings is 1. The summed E-state index contributed by atoms with van der Waals surface area (Å²) in [5.41, 5.74) is 0. The molecule has 0 spiro atoms. The van der Waals surface area contributed by atoms with E-state index >= 15 is 0 Å². The van der Waals surface area contributed by atoms with Gasteiger partial charge in [-0.25, -0.2) is 0 Å². The van der Waals surface area contributed by atoms with Crippen LogP contribution >= 0.6 is 0 Å². The maximum Gasteiger partial charge on any atom is 0.321 e. The number of hydrogen-bond donors (Lipinski definition) is 2. The van der Waals surface area contributed by atoms with Crippen LogP contribution in [0, 0.1) is 11.8 Å². The van der Waals surface area contributed by atoms with E-state index in [4.69, 9.17) is 5.11 Å². The summed E-state index contributed by atoms with van der Waals surface area (Å²) in [6.45, 7) is 6.56. The fraction of sp³-hybridized carbons (Fsp3) is 0.909. The molecule has 0 aromatic rings. The summed E-state index contributed by atoms with van der Waals surface area (Å²) in [6, 6.07) is -1.05. The topological polar surface area (TPSA) is 86.7 Å². The average Bonchev–Trinajstić information content (AvgIpc) is 2.24. The minimum Gasteiger partial charge on any atom is -0.480 e. The maximum atomic E-state index is 12.1. The van der Waals surface area contributed by atoms with Gasteiger partial charge in [0.05, 0.1) is 0 Å². The van der Waals surface area contributed by atoms with Crippen molar-refractivity contribution in [2.24, 2.45) is 11.8 Å². The summed E-state index contributed by atoms with van der Waals surface area (Å²) in [5.74, 6) is -0.537. The van der Waals surface area contributed by atoms with E-state index in [-0.39, 0.29) is 6.42 Å². The molecule has 1 rings (SSSR count). The Morgan fingerprint density at radius 3 is 2.28 bits per heavy atom. The largest absolute Gasteiger partial charge is 0.480 e. The van der Waals surface area contributed by atoms with E-state index in [0.717, 1.165) is 6.42 Å². The van der Waals surface area contributed by atoms with Crippen LogP contribution in [0.4, 0.5) is 0 Å². The average molecular weight is 278 g/mol. The third kappa shape index (κ3) is 3.93. The van der Waals surface area contributed by atoms with E-state index in [9.17, 15) is 13.2 Å². The number of carboxylic acids is 1. The Hall–Kier alpha value is -0.660. The van der Waals surface area contributed by atoms with Gasteiger partial charge in [-0.15, -0.1) is 0 Å². The lowest BCUT2D eigenvalue weighted by Crippen LogP contribution is -2.52. The van der Waals surface area contributed by atoms with Crippen LogP contribution in [-0.4, -0.2) is 42.9 Å².